The zero-order valence-corrected chi connectivity index (χ0v) is 25.6. The van der Waals surface area contributed by atoms with Crippen LogP contribution in [0.25, 0.3) is 0 Å². The molecule has 0 aromatic heterocycles. The molecule has 3 amide bonds. The average molecular weight is 548 g/mol. The summed E-state index contributed by atoms with van der Waals surface area (Å²) in [6, 6.07) is 3.24. The van der Waals surface area contributed by atoms with E-state index in [2.05, 4.69) is 24.5 Å². The van der Waals surface area contributed by atoms with Crippen molar-refractivity contribution in [2.45, 2.75) is 124 Å². The van der Waals surface area contributed by atoms with E-state index in [1.807, 2.05) is 13.8 Å². The molecular formula is C31H53N3O5. The van der Waals surface area contributed by atoms with Crippen molar-refractivity contribution in [3.8, 4) is 5.75 Å². The number of ether oxygens (including phenoxy) is 1. The Morgan fingerprint density at radius 3 is 2.15 bits per heavy atom. The minimum absolute atomic E-state index is 0.129. The van der Waals surface area contributed by atoms with Crippen LogP contribution in [0.4, 0.5) is 4.79 Å². The van der Waals surface area contributed by atoms with E-state index in [4.69, 9.17) is 4.74 Å². The summed E-state index contributed by atoms with van der Waals surface area (Å²) >= 11 is 0. The maximum atomic E-state index is 14.2. The first kappa shape index (κ1) is 34.3. The molecule has 0 saturated carbocycles. The lowest BCUT2D eigenvalue weighted by molar-refractivity contribution is -0.143. The first-order chi connectivity index (χ1) is 18.3. The molecule has 0 heterocycles. The summed E-state index contributed by atoms with van der Waals surface area (Å²) < 4.78 is 5.44. The number of nitrogens with one attached hydrogen (secondary N) is 2. The van der Waals surface area contributed by atoms with Gasteiger partial charge in [-0.2, -0.15) is 0 Å². The number of hydrogen-bond acceptors (Lipinski definition) is 5. The fourth-order valence-electron chi connectivity index (χ4n) is 4.36. The van der Waals surface area contributed by atoms with Gasteiger partial charge >= 0.3 is 6.09 Å². The van der Waals surface area contributed by atoms with Gasteiger partial charge in [0.1, 0.15) is 23.4 Å². The molecule has 0 aliphatic carbocycles. The molecule has 0 bridgehead atoms. The fraction of sp³-hybridized carbons (Fsp3) is 0.710. The van der Waals surface area contributed by atoms with Gasteiger partial charge in [-0.25, -0.2) is 4.79 Å². The summed E-state index contributed by atoms with van der Waals surface area (Å²) in [5.41, 5.74) is 0.537. The van der Waals surface area contributed by atoms with Gasteiger partial charge in [-0.05, 0) is 69.7 Å². The van der Waals surface area contributed by atoms with E-state index in [0.717, 1.165) is 44.9 Å². The molecule has 8 heteroatoms. The van der Waals surface area contributed by atoms with E-state index in [1.165, 1.54) is 6.42 Å². The molecule has 0 saturated heterocycles. The zero-order valence-electron chi connectivity index (χ0n) is 25.6. The predicted octanol–water partition coefficient (Wildman–Crippen LogP) is 6.40. The average Bonchev–Trinajstić information content (AvgIpc) is 2.84. The number of carbonyl (C=O) groups is 3. The number of aromatic hydroxyl groups is 1. The van der Waals surface area contributed by atoms with E-state index in [-0.39, 0.29) is 23.5 Å². The van der Waals surface area contributed by atoms with Crippen LogP contribution < -0.4 is 10.6 Å². The highest BCUT2D eigenvalue weighted by atomic mass is 16.6. The highest BCUT2D eigenvalue weighted by Gasteiger charge is 2.37. The maximum Gasteiger partial charge on any atom is 0.408 e. The summed E-state index contributed by atoms with van der Waals surface area (Å²) in [4.78, 5) is 42.1. The Morgan fingerprint density at radius 2 is 1.59 bits per heavy atom. The number of alkyl carbamates (subject to hydrolysis) is 1. The first-order valence-electron chi connectivity index (χ1n) is 14.7. The van der Waals surface area contributed by atoms with Crippen LogP contribution >= 0.6 is 0 Å². The largest absolute Gasteiger partial charge is 0.508 e. The summed E-state index contributed by atoms with van der Waals surface area (Å²) in [7, 11) is 0. The first-order valence-corrected chi connectivity index (χ1v) is 14.7. The van der Waals surface area contributed by atoms with Crippen LogP contribution in [0.2, 0.25) is 0 Å². The van der Waals surface area contributed by atoms with E-state index >= 15 is 0 Å². The van der Waals surface area contributed by atoms with E-state index < -0.39 is 23.8 Å². The lowest BCUT2D eigenvalue weighted by Gasteiger charge is -2.36. The number of carbonyl (C=O) groups excluding carboxylic acids is 3. The van der Waals surface area contributed by atoms with E-state index in [1.54, 1.807) is 50.8 Å². The number of phenols is 1. The van der Waals surface area contributed by atoms with Crippen molar-refractivity contribution < 1.29 is 24.2 Å². The SMILES string of the molecule is CCCCCCCCN(C(=O)C(NC(=O)OC(C)(C)C)C(C)C)C(C(=O)NCCCC)c1ccc(O)c(C)c1. The molecule has 3 N–H and O–H groups in total. The van der Waals surface area contributed by atoms with Crippen molar-refractivity contribution in [3.63, 3.8) is 0 Å². The van der Waals surface area contributed by atoms with Crippen molar-refractivity contribution in [3.05, 3.63) is 29.3 Å². The summed E-state index contributed by atoms with van der Waals surface area (Å²) in [6.45, 7) is 15.9. The Hall–Kier alpha value is -2.77. The Morgan fingerprint density at radius 1 is 0.974 bits per heavy atom. The van der Waals surface area contributed by atoms with Crippen LogP contribution in [0.15, 0.2) is 18.2 Å². The highest BCUT2D eigenvalue weighted by Crippen LogP contribution is 2.28. The Labute approximate surface area is 236 Å². The van der Waals surface area contributed by atoms with Gasteiger partial charge in [0.2, 0.25) is 11.8 Å². The monoisotopic (exact) mass is 547 g/mol. The molecule has 222 valence electrons. The van der Waals surface area contributed by atoms with Crippen LogP contribution in [0, 0.1) is 12.8 Å². The molecule has 1 aromatic carbocycles. The van der Waals surface area contributed by atoms with E-state index in [0.29, 0.717) is 24.2 Å². The quantitative estimate of drug-likeness (QED) is 0.208. The van der Waals surface area contributed by atoms with Gasteiger partial charge in [-0.15, -0.1) is 0 Å². The molecular weight excluding hydrogens is 494 g/mol. The Kier molecular flexibility index (Phi) is 15.0. The molecule has 2 unspecified atom stereocenters. The number of aryl methyl sites for hydroxylation is 1. The molecule has 0 aliphatic rings. The number of unbranched alkanes of at least 4 members (excludes halogenated alkanes) is 6. The predicted molar refractivity (Wildman–Crippen MR) is 157 cm³/mol. The molecule has 0 fully saturated rings. The summed E-state index contributed by atoms with van der Waals surface area (Å²) in [5.74, 6) is -0.704. The third kappa shape index (κ3) is 12.3. The second-order valence-corrected chi connectivity index (χ2v) is 11.8. The maximum absolute atomic E-state index is 14.2. The standard InChI is InChI=1S/C31H53N3O5/c1-9-11-13-14-15-16-20-34(29(37)26(22(3)4)33-30(38)39-31(6,7)8)27(28(36)32-19-12-10-2)24-17-18-25(35)23(5)21-24/h17-18,21-22,26-27,35H,9-16,19-20H2,1-8H3,(H,32,36)(H,33,38). The van der Waals surface area contributed by atoms with Crippen molar-refractivity contribution in [1.82, 2.24) is 15.5 Å². The van der Waals surface area contributed by atoms with Gasteiger partial charge in [0.05, 0.1) is 0 Å². The van der Waals surface area contributed by atoms with E-state index in [9.17, 15) is 19.5 Å². The fourth-order valence-corrected chi connectivity index (χ4v) is 4.36. The third-order valence-electron chi connectivity index (χ3n) is 6.57. The Balaban J connectivity index is 3.43. The molecule has 0 spiro atoms. The van der Waals surface area contributed by atoms with Crippen LogP contribution in [-0.4, -0.2) is 52.6 Å². The molecule has 1 rings (SSSR count). The molecule has 39 heavy (non-hydrogen) atoms. The highest BCUT2D eigenvalue weighted by molar-refractivity contribution is 5.92. The third-order valence-corrected chi connectivity index (χ3v) is 6.57. The van der Waals surface area contributed by atoms with Gasteiger partial charge < -0.3 is 25.4 Å². The van der Waals surface area contributed by atoms with Gasteiger partial charge in [0.15, 0.2) is 0 Å². The lowest BCUT2D eigenvalue weighted by Crippen LogP contribution is -2.55. The zero-order chi connectivity index (χ0) is 29.6. The molecule has 0 aliphatic heterocycles. The minimum Gasteiger partial charge on any atom is -0.508 e. The number of rotatable bonds is 16. The van der Waals surface area contributed by atoms with Gasteiger partial charge in [-0.1, -0.05) is 72.3 Å². The topological polar surface area (TPSA) is 108 Å². The Bertz CT molecular complexity index is 910. The van der Waals surface area contributed by atoms with Gasteiger partial charge in [0.25, 0.3) is 0 Å². The second-order valence-electron chi connectivity index (χ2n) is 11.8. The second kappa shape index (κ2) is 17.0. The molecule has 0 radical (unpaired) electrons. The number of hydrogen-bond donors (Lipinski definition) is 3. The van der Waals surface area contributed by atoms with Gasteiger partial charge in [-0.3, -0.25) is 9.59 Å². The molecule has 1 aromatic rings. The molecule has 8 nitrogen and oxygen atoms in total. The van der Waals surface area contributed by atoms with Crippen molar-refractivity contribution >= 4 is 17.9 Å². The van der Waals surface area contributed by atoms with Crippen molar-refractivity contribution in [2.24, 2.45) is 5.92 Å². The van der Waals surface area contributed by atoms with Crippen LogP contribution in [0.3, 0.4) is 0 Å². The van der Waals surface area contributed by atoms with Crippen molar-refractivity contribution in [2.75, 3.05) is 13.1 Å². The molecule has 2 atom stereocenters. The lowest BCUT2D eigenvalue weighted by atomic mass is 9.97. The van der Waals surface area contributed by atoms with Crippen LogP contribution in [-0.2, 0) is 14.3 Å². The van der Waals surface area contributed by atoms with Crippen LogP contribution in [0.5, 0.6) is 5.75 Å². The summed E-state index contributed by atoms with van der Waals surface area (Å²) in [6.07, 6.45) is 7.29. The number of phenolic OH excluding ortho intramolecular Hbond substituents is 1. The smallest absolute Gasteiger partial charge is 0.408 e. The number of benzene rings is 1. The summed E-state index contributed by atoms with van der Waals surface area (Å²) in [5, 5.41) is 15.9. The van der Waals surface area contributed by atoms with Gasteiger partial charge in [0, 0.05) is 13.1 Å². The van der Waals surface area contributed by atoms with Crippen LogP contribution in [0.1, 0.15) is 117 Å². The minimum atomic E-state index is -0.897. The number of amides is 3. The van der Waals surface area contributed by atoms with Crippen molar-refractivity contribution in [1.29, 1.82) is 0 Å². The normalized spacial score (nSPS) is 13.1. The number of nitrogens with zero attached hydrogens (tertiary/aromatic N) is 1.